The van der Waals surface area contributed by atoms with Crippen molar-refractivity contribution in [3.8, 4) is 6.07 Å². The first-order valence-corrected chi connectivity index (χ1v) is 12.0. The van der Waals surface area contributed by atoms with Gasteiger partial charge in [0.25, 0.3) is 5.91 Å². The number of furan rings is 1. The lowest BCUT2D eigenvalue weighted by atomic mass is 10.00. The van der Waals surface area contributed by atoms with E-state index >= 15 is 0 Å². The number of nitrogens with zero attached hydrogens (tertiary/aromatic N) is 4. The number of hydrogen-bond donors (Lipinski definition) is 0. The van der Waals surface area contributed by atoms with Gasteiger partial charge in [-0.05, 0) is 43.5 Å². The summed E-state index contributed by atoms with van der Waals surface area (Å²) >= 11 is 0. The van der Waals surface area contributed by atoms with E-state index in [0.29, 0.717) is 13.0 Å². The van der Waals surface area contributed by atoms with E-state index in [0.717, 1.165) is 12.8 Å². The van der Waals surface area contributed by atoms with E-state index in [-0.39, 0.29) is 54.2 Å². The molecule has 2 aliphatic rings. The summed E-state index contributed by atoms with van der Waals surface area (Å²) in [6.45, 7) is 1.20. The fraction of sp³-hybridized carbons (Fsp3) is 0.409. The van der Waals surface area contributed by atoms with Crippen LogP contribution < -0.4 is 0 Å². The Morgan fingerprint density at radius 2 is 1.75 bits per heavy atom. The van der Waals surface area contributed by atoms with Crippen LogP contribution in [0.4, 0.5) is 0 Å². The van der Waals surface area contributed by atoms with Gasteiger partial charge in [-0.1, -0.05) is 12.1 Å². The Labute approximate surface area is 186 Å². The van der Waals surface area contributed by atoms with Crippen molar-refractivity contribution < 1.29 is 22.4 Å². The standard InChI is InChI=1S/C22H24N4O5S/c23-16-17-6-1-2-9-20(17)32(29,30)25-13-11-24(12-14-25)21(27)18-7-3-4-10-26(18)22(28)19-8-5-15-31-19/h1-2,5-6,8-9,15,18H,3-4,7,10-14H2. The molecule has 32 heavy (non-hydrogen) atoms. The fourth-order valence-corrected chi connectivity index (χ4v) is 5.82. The average Bonchev–Trinajstić information content (AvgIpc) is 3.38. The Morgan fingerprint density at radius 3 is 2.44 bits per heavy atom. The zero-order valence-corrected chi connectivity index (χ0v) is 18.3. The normalized spacial score (nSPS) is 20.0. The smallest absolute Gasteiger partial charge is 0.290 e. The summed E-state index contributed by atoms with van der Waals surface area (Å²) < 4.78 is 32.6. The van der Waals surface area contributed by atoms with Crippen molar-refractivity contribution in [1.82, 2.24) is 14.1 Å². The minimum atomic E-state index is -3.84. The van der Waals surface area contributed by atoms with Gasteiger partial charge < -0.3 is 14.2 Å². The first-order chi connectivity index (χ1) is 15.4. The lowest BCUT2D eigenvalue weighted by Gasteiger charge is -2.40. The molecule has 168 valence electrons. The summed E-state index contributed by atoms with van der Waals surface area (Å²) in [5, 5.41) is 9.25. The minimum absolute atomic E-state index is 0.0234. The van der Waals surface area contributed by atoms with Gasteiger partial charge in [-0.25, -0.2) is 8.42 Å². The molecular weight excluding hydrogens is 432 g/mol. The van der Waals surface area contributed by atoms with Crippen molar-refractivity contribution in [2.75, 3.05) is 32.7 Å². The molecule has 0 spiro atoms. The number of rotatable bonds is 4. The molecule has 0 bridgehead atoms. The molecule has 2 amide bonds. The Hall–Kier alpha value is -3.16. The Balaban J connectivity index is 1.45. The molecule has 2 aromatic rings. The van der Waals surface area contributed by atoms with E-state index < -0.39 is 16.1 Å². The maximum absolute atomic E-state index is 13.3. The highest BCUT2D eigenvalue weighted by Gasteiger charge is 2.38. The molecule has 1 unspecified atom stereocenters. The second kappa shape index (κ2) is 9.14. The molecule has 9 nitrogen and oxygen atoms in total. The molecule has 1 atom stereocenters. The fourth-order valence-electron chi connectivity index (χ4n) is 4.26. The van der Waals surface area contributed by atoms with E-state index in [9.17, 15) is 23.3 Å². The Bertz CT molecular complexity index is 1130. The molecule has 2 saturated heterocycles. The summed E-state index contributed by atoms with van der Waals surface area (Å²) in [6.07, 6.45) is 3.66. The van der Waals surface area contributed by atoms with Gasteiger partial charge in [0.05, 0.1) is 16.7 Å². The summed E-state index contributed by atoms with van der Waals surface area (Å²) in [5.41, 5.74) is 0.0975. The molecule has 2 fully saturated rings. The third-order valence-electron chi connectivity index (χ3n) is 5.96. The largest absolute Gasteiger partial charge is 0.459 e. The number of piperazine rings is 1. The molecule has 3 heterocycles. The number of piperidine rings is 1. The lowest BCUT2D eigenvalue weighted by Crippen LogP contribution is -2.57. The zero-order valence-electron chi connectivity index (χ0n) is 17.5. The average molecular weight is 457 g/mol. The minimum Gasteiger partial charge on any atom is -0.459 e. The molecule has 1 aromatic carbocycles. The molecule has 0 aliphatic carbocycles. The van der Waals surface area contributed by atoms with Crippen molar-refractivity contribution in [2.45, 2.75) is 30.2 Å². The van der Waals surface area contributed by atoms with E-state index in [4.69, 9.17) is 4.42 Å². The maximum atomic E-state index is 13.3. The highest BCUT2D eigenvalue weighted by Crippen LogP contribution is 2.24. The number of carbonyl (C=O) groups is 2. The molecular formula is C22H24N4O5S. The second-order valence-electron chi connectivity index (χ2n) is 7.82. The topological polar surface area (TPSA) is 115 Å². The zero-order chi connectivity index (χ0) is 22.7. The van der Waals surface area contributed by atoms with Crippen LogP contribution in [0.3, 0.4) is 0 Å². The Morgan fingerprint density at radius 1 is 1.00 bits per heavy atom. The van der Waals surface area contributed by atoms with Crippen molar-refractivity contribution in [3.63, 3.8) is 0 Å². The maximum Gasteiger partial charge on any atom is 0.290 e. The molecule has 1 aromatic heterocycles. The van der Waals surface area contributed by atoms with Gasteiger partial charge in [0.2, 0.25) is 15.9 Å². The van der Waals surface area contributed by atoms with Gasteiger partial charge >= 0.3 is 0 Å². The van der Waals surface area contributed by atoms with Crippen LogP contribution in [0.5, 0.6) is 0 Å². The predicted octanol–water partition coefficient (Wildman–Crippen LogP) is 1.68. The van der Waals surface area contributed by atoms with Crippen LogP contribution in [0, 0.1) is 11.3 Å². The molecule has 0 saturated carbocycles. The first-order valence-electron chi connectivity index (χ1n) is 10.6. The lowest BCUT2D eigenvalue weighted by molar-refractivity contribution is -0.138. The van der Waals surface area contributed by atoms with E-state index in [1.807, 2.05) is 6.07 Å². The Kier molecular flexibility index (Phi) is 6.30. The van der Waals surface area contributed by atoms with Gasteiger partial charge in [-0.15, -0.1) is 0 Å². The van der Waals surface area contributed by atoms with Gasteiger partial charge in [0, 0.05) is 32.7 Å². The summed E-state index contributed by atoms with van der Waals surface area (Å²) in [4.78, 5) is 29.2. The second-order valence-corrected chi connectivity index (χ2v) is 9.73. The van der Waals surface area contributed by atoms with Crippen LogP contribution in [-0.4, -0.2) is 73.1 Å². The number of hydrogen-bond acceptors (Lipinski definition) is 6. The number of benzene rings is 1. The van der Waals surface area contributed by atoms with Gasteiger partial charge in [-0.2, -0.15) is 9.57 Å². The predicted molar refractivity (Wildman–Crippen MR) is 114 cm³/mol. The molecule has 4 rings (SSSR count). The molecule has 10 heteroatoms. The quantitative estimate of drug-likeness (QED) is 0.691. The SMILES string of the molecule is N#Cc1ccccc1S(=O)(=O)N1CCN(C(=O)C2CCCCN2C(=O)c2ccco2)CC1. The monoisotopic (exact) mass is 456 g/mol. The highest BCUT2D eigenvalue weighted by molar-refractivity contribution is 7.89. The van der Waals surface area contributed by atoms with Gasteiger partial charge in [-0.3, -0.25) is 9.59 Å². The molecule has 0 N–H and O–H groups in total. The van der Waals surface area contributed by atoms with Crippen LogP contribution in [0.25, 0.3) is 0 Å². The van der Waals surface area contributed by atoms with Gasteiger partial charge in [0.1, 0.15) is 12.1 Å². The van der Waals surface area contributed by atoms with E-state index in [1.165, 1.54) is 22.7 Å². The van der Waals surface area contributed by atoms with Crippen LogP contribution in [0.1, 0.15) is 35.4 Å². The van der Waals surface area contributed by atoms with Crippen LogP contribution in [0.2, 0.25) is 0 Å². The van der Waals surface area contributed by atoms with Crippen LogP contribution in [0.15, 0.2) is 52.0 Å². The summed E-state index contributed by atoms with van der Waals surface area (Å²) in [5.74, 6) is -0.266. The van der Waals surface area contributed by atoms with Crippen molar-refractivity contribution in [1.29, 1.82) is 5.26 Å². The van der Waals surface area contributed by atoms with Crippen LogP contribution in [-0.2, 0) is 14.8 Å². The number of likely N-dealkylation sites (tertiary alicyclic amines) is 1. The van der Waals surface area contributed by atoms with Crippen molar-refractivity contribution in [2.24, 2.45) is 0 Å². The first kappa shape index (κ1) is 22.0. The number of nitriles is 1. The highest BCUT2D eigenvalue weighted by atomic mass is 32.2. The summed E-state index contributed by atoms with van der Waals surface area (Å²) in [6, 6.07) is 10.7. The van der Waals surface area contributed by atoms with Crippen molar-refractivity contribution in [3.05, 3.63) is 54.0 Å². The van der Waals surface area contributed by atoms with E-state index in [2.05, 4.69) is 0 Å². The number of amides is 2. The van der Waals surface area contributed by atoms with Crippen molar-refractivity contribution >= 4 is 21.8 Å². The van der Waals surface area contributed by atoms with Crippen LogP contribution >= 0.6 is 0 Å². The molecule has 0 radical (unpaired) electrons. The third kappa shape index (κ3) is 4.13. The van der Waals surface area contributed by atoms with Gasteiger partial charge in [0.15, 0.2) is 5.76 Å². The number of sulfonamides is 1. The summed E-state index contributed by atoms with van der Waals surface area (Å²) in [7, 11) is -3.84. The van der Waals surface area contributed by atoms with E-state index in [1.54, 1.807) is 34.1 Å². The number of carbonyl (C=O) groups excluding carboxylic acids is 2. The molecule has 2 aliphatic heterocycles. The third-order valence-corrected chi connectivity index (χ3v) is 7.91.